The van der Waals surface area contributed by atoms with Crippen LogP contribution in [0.4, 0.5) is 4.39 Å². The van der Waals surface area contributed by atoms with E-state index >= 15 is 0 Å². The van der Waals surface area contributed by atoms with Crippen molar-refractivity contribution in [1.29, 1.82) is 0 Å². The first-order valence-electron chi connectivity index (χ1n) is 4.37. The summed E-state index contributed by atoms with van der Waals surface area (Å²) >= 11 is 5.79. The minimum atomic E-state index is -0.345. The molecule has 0 saturated carbocycles. The molecule has 0 spiro atoms. The van der Waals surface area contributed by atoms with Crippen LogP contribution in [0.1, 0.15) is 12.5 Å². The van der Waals surface area contributed by atoms with Crippen molar-refractivity contribution >= 4 is 11.6 Å². The van der Waals surface area contributed by atoms with Crippen LogP contribution in [0.15, 0.2) is 18.2 Å². The second-order valence-corrected chi connectivity index (χ2v) is 3.60. The predicted molar refractivity (Wildman–Crippen MR) is 54.7 cm³/mol. The predicted octanol–water partition coefficient (Wildman–Crippen LogP) is 2.34. The Balaban J connectivity index is 2.58. The van der Waals surface area contributed by atoms with Gasteiger partial charge in [0.1, 0.15) is 5.82 Å². The van der Waals surface area contributed by atoms with Crippen molar-refractivity contribution in [3.8, 4) is 0 Å². The van der Waals surface area contributed by atoms with Gasteiger partial charge < -0.3 is 10.5 Å². The lowest BCUT2D eigenvalue weighted by Gasteiger charge is -2.08. The maximum atomic E-state index is 13.2. The topological polar surface area (TPSA) is 35.2 Å². The third-order valence-corrected chi connectivity index (χ3v) is 2.04. The van der Waals surface area contributed by atoms with Gasteiger partial charge in [0.25, 0.3) is 0 Å². The third-order valence-electron chi connectivity index (χ3n) is 1.69. The molecule has 0 amide bonds. The molecule has 2 N–H and O–H groups in total. The van der Waals surface area contributed by atoms with Crippen molar-refractivity contribution < 1.29 is 9.13 Å². The van der Waals surface area contributed by atoms with Gasteiger partial charge in [-0.25, -0.2) is 4.39 Å². The Bertz CT molecular complexity index is 284. The molecule has 1 unspecified atom stereocenters. The molecule has 0 radical (unpaired) electrons. The van der Waals surface area contributed by atoms with Gasteiger partial charge in [0.15, 0.2) is 0 Å². The van der Waals surface area contributed by atoms with Crippen molar-refractivity contribution in [2.75, 3.05) is 6.61 Å². The van der Waals surface area contributed by atoms with E-state index in [-0.39, 0.29) is 18.5 Å². The first-order valence-corrected chi connectivity index (χ1v) is 4.75. The number of halogens is 2. The van der Waals surface area contributed by atoms with E-state index in [0.29, 0.717) is 17.2 Å². The van der Waals surface area contributed by atoms with Crippen molar-refractivity contribution in [3.05, 3.63) is 34.6 Å². The van der Waals surface area contributed by atoms with Crippen LogP contribution >= 0.6 is 11.6 Å². The van der Waals surface area contributed by atoms with Crippen LogP contribution in [-0.2, 0) is 11.3 Å². The lowest BCUT2D eigenvalue weighted by molar-refractivity contribution is 0.109. The number of ether oxygens (including phenoxy) is 1. The van der Waals surface area contributed by atoms with E-state index in [1.165, 1.54) is 6.07 Å². The van der Waals surface area contributed by atoms with E-state index in [2.05, 4.69) is 0 Å². The first-order chi connectivity index (χ1) is 6.61. The van der Waals surface area contributed by atoms with Crippen molar-refractivity contribution in [1.82, 2.24) is 0 Å². The van der Waals surface area contributed by atoms with Gasteiger partial charge in [-0.2, -0.15) is 0 Å². The number of rotatable bonds is 4. The fourth-order valence-corrected chi connectivity index (χ4v) is 1.23. The van der Waals surface area contributed by atoms with Crippen molar-refractivity contribution in [2.24, 2.45) is 5.73 Å². The number of hydrogen-bond donors (Lipinski definition) is 1. The number of benzene rings is 1. The summed E-state index contributed by atoms with van der Waals surface area (Å²) in [5.41, 5.74) is 5.87. The highest BCUT2D eigenvalue weighted by Crippen LogP contribution is 2.19. The molecule has 14 heavy (non-hydrogen) atoms. The molecule has 0 saturated heterocycles. The average molecular weight is 218 g/mol. The molecule has 0 aromatic heterocycles. The zero-order chi connectivity index (χ0) is 10.6. The van der Waals surface area contributed by atoms with E-state index in [1.54, 1.807) is 12.1 Å². The second kappa shape index (κ2) is 5.29. The number of nitrogens with two attached hydrogens (primary N) is 1. The van der Waals surface area contributed by atoms with E-state index in [0.717, 1.165) is 0 Å². The van der Waals surface area contributed by atoms with Crippen LogP contribution in [-0.4, -0.2) is 12.6 Å². The Morgan fingerprint density at radius 3 is 2.86 bits per heavy atom. The highest BCUT2D eigenvalue weighted by molar-refractivity contribution is 6.31. The summed E-state index contributed by atoms with van der Waals surface area (Å²) < 4.78 is 18.4. The first kappa shape index (κ1) is 11.4. The zero-order valence-electron chi connectivity index (χ0n) is 7.97. The molecule has 0 heterocycles. The molecule has 0 aliphatic carbocycles. The Morgan fingerprint density at radius 2 is 2.29 bits per heavy atom. The number of hydrogen-bond acceptors (Lipinski definition) is 2. The van der Waals surface area contributed by atoms with E-state index in [4.69, 9.17) is 22.1 Å². The van der Waals surface area contributed by atoms with E-state index in [1.807, 2.05) is 6.92 Å². The van der Waals surface area contributed by atoms with Crippen LogP contribution in [0.25, 0.3) is 0 Å². The molecule has 0 bridgehead atoms. The molecule has 78 valence electrons. The fraction of sp³-hybridized carbons (Fsp3) is 0.400. The SMILES string of the molecule is CC(N)COCc1c(F)cccc1Cl. The fourth-order valence-electron chi connectivity index (χ4n) is 1.02. The standard InChI is InChI=1S/C10H13ClFNO/c1-7(13)5-14-6-8-9(11)3-2-4-10(8)12/h2-4,7H,5-6,13H2,1H3. The molecule has 4 heteroatoms. The Kier molecular flexibility index (Phi) is 4.32. The Labute approximate surface area is 87.8 Å². The van der Waals surface area contributed by atoms with Gasteiger partial charge in [0.05, 0.1) is 13.2 Å². The highest BCUT2D eigenvalue weighted by Gasteiger charge is 2.06. The van der Waals surface area contributed by atoms with Gasteiger partial charge in [-0.3, -0.25) is 0 Å². The van der Waals surface area contributed by atoms with Crippen LogP contribution in [0, 0.1) is 5.82 Å². The molecule has 1 atom stereocenters. The largest absolute Gasteiger partial charge is 0.375 e. The Morgan fingerprint density at radius 1 is 1.57 bits per heavy atom. The quantitative estimate of drug-likeness (QED) is 0.840. The maximum Gasteiger partial charge on any atom is 0.130 e. The van der Waals surface area contributed by atoms with Crippen molar-refractivity contribution in [2.45, 2.75) is 19.6 Å². The lowest BCUT2D eigenvalue weighted by Crippen LogP contribution is -2.21. The molecule has 1 rings (SSSR count). The Hall–Kier alpha value is -0.640. The molecular weight excluding hydrogens is 205 g/mol. The van der Waals surface area contributed by atoms with Gasteiger partial charge in [0, 0.05) is 16.6 Å². The van der Waals surface area contributed by atoms with Gasteiger partial charge in [0.2, 0.25) is 0 Å². The molecule has 0 fully saturated rings. The van der Waals surface area contributed by atoms with Crippen LogP contribution in [0.5, 0.6) is 0 Å². The smallest absolute Gasteiger partial charge is 0.130 e. The summed E-state index contributed by atoms with van der Waals surface area (Å²) in [6.07, 6.45) is 0. The average Bonchev–Trinajstić information content (AvgIpc) is 2.09. The van der Waals surface area contributed by atoms with Gasteiger partial charge in [-0.1, -0.05) is 17.7 Å². The van der Waals surface area contributed by atoms with Crippen LogP contribution < -0.4 is 5.73 Å². The van der Waals surface area contributed by atoms with E-state index in [9.17, 15) is 4.39 Å². The van der Waals surface area contributed by atoms with Gasteiger partial charge in [-0.05, 0) is 19.1 Å². The molecule has 1 aromatic rings. The molecule has 0 aliphatic heterocycles. The second-order valence-electron chi connectivity index (χ2n) is 3.19. The molecular formula is C10H13ClFNO. The minimum Gasteiger partial charge on any atom is -0.375 e. The van der Waals surface area contributed by atoms with Crippen LogP contribution in [0.3, 0.4) is 0 Å². The minimum absolute atomic E-state index is 0.0550. The summed E-state index contributed by atoms with van der Waals surface area (Å²) in [4.78, 5) is 0. The maximum absolute atomic E-state index is 13.2. The highest BCUT2D eigenvalue weighted by atomic mass is 35.5. The van der Waals surface area contributed by atoms with Crippen molar-refractivity contribution in [3.63, 3.8) is 0 Å². The van der Waals surface area contributed by atoms with Gasteiger partial charge in [-0.15, -0.1) is 0 Å². The summed E-state index contributed by atoms with van der Waals surface area (Å²) in [5, 5.41) is 0.384. The summed E-state index contributed by atoms with van der Waals surface area (Å²) in [5.74, 6) is -0.345. The third kappa shape index (κ3) is 3.25. The summed E-state index contributed by atoms with van der Waals surface area (Å²) in [6, 6.07) is 4.50. The lowest BCUT2D eigenvalue weighted by atomic mass is 10.2. The summed E-state index contributed by atoms with van der Waals surface area (Å²) in [6.45, 7) is 2.38. The monoisotopic (exact) mass is 217 g/mol. The zero-order valence-corrected chi connectivity index (χ0v) is 8.72. The van der Waals surface area contributed by atoms with Gasteiger partial charge >= 0.3 is 0 Å². The van der Waals surface area contributed by atoms with E-state index < -0.39 is 0 Å². The molecule has 2 nitrogen and oxygen atoms in total. The molecule has 0 aliphatic rings. The molecule has 1 aromatic carbocycles. The summed E-state index contributed by atoms with van der Waals surface area (Å²) in [7, 11) is 0. The normalized spacial score (nSPS) is 12.9. The van der Waals surface area contributed by atoms with Crippen LogP contribution in [0.2, 0.25) is 5.02 Å².